The number of carbonyl (C=O) groups is 1. The molecule has 0 aliphatic carbocycles. The monoisotopic (exact) mass is 434 g/mol. The van der Waals surface area contributed by atoms with E-state index in [1.165, 1.54) is 18.4 Å². The standard InChI is InChI=1S/C27H34N2O3/c1-2-26(30)29(18-23-19-31-24-10-6-7-11-25(24)32-23)17-21-14-22-12-13-27(16-21,28-22)15-20-8-4-3-5-9-20/h3-11,21-23,28H,2,12-19H2,1H3. The predicted octanol–water partition coefficient (Wildman–Crippen LogP) is 4.21. The zero-order valence-electron chi connectivity index (χ0n) is 19.0. The Bertz CT molecular complexity index is 934. The van der Waals surface area contributed by atoms with Crippen molar-refractivity contribution in [3.63, 3.8) is 0 Å². The molecule has 5 nitrogen and oxygen atoms in total. The Morgan fingerprint density at radius 2 is 1.88 bits per heavy atom. The molecule has 3 aliphatic rings. The fourth-order valence-electron chi connectivity index (χ4n) is 5.95. The van der Waals surface area contributed by atoms with Crippen LogP contribution in [0.4, 0.5) is 0 Å². The number of hydrogen-bond acceptors (Lipinski definition) is 4. The number of piperidine rings is 1. The van der Waals surface area contributed by atoms with Gasteiger partial charge in [0.25, 0.3) is 0 Å². The SMILES string of the molecule is CCC(=O)N(CC1CC2CCC(Cc3ccccc3)(C1)N2)CC1COc2ccccc2O1. The van der Waals surface area contributed by atoms with Gasteiger partial charge in [0, 0.05) is 24.5 Å². The minimum absolute atomic E-state index is 0.128. The van der Waals surface area contributed by atoms with Gasteiger partial charge in [-0.15, -0.1) is 0 Å². The third-order valence-corrected chi connectivity index (χ3v) is 7.29. The number of amides is 1. The summed E-state index contributed by atoms with van der Waals surface area (Å²) < 4.78 is 12.1. The molecule has 4 atom stereocenters. The van der Waals surface area contributed by atoms with Crippen molar-refractivity contribution in [2.45, 2.75) is 63.1 Å². The maximum Gasteiger partial charge on any atom is 0.222 e. The van der Waals surface area contributed by atoms with Crippen LogP contribution in [0.25, 0.3) is 0 Å². The Morgan fingerprint density at radius 1 is 1.09 bits per heavy atom. The largest absolute Gasteiger partial charge is 0.486 e. The lowest BCUT2D eigenvalue weighted by Gasteiger charge is -2.41. The van der Waals surface area contributed by atoms with Gasteiger partial charge < -0.3 is 19.7 Å². The molecular formula is C27H34N2O3. The third kappa shape index (κ3) is 4.63. The number of rotatable bonds is 7. The maximum absolute atomic E-state index is 12.9. The van der Waals surface area contributed by atoms with Gasteiger partial charge in [-0.3, -0.25) is 4.79 Å². The van der Waals surface area contributed by atoms with Gasteiger partial charge in [0.15, 0.2) is 17.6 Å². The second-order valence-electron chi connectivity index (χ2n) is 9.78. The van der Waals surface area contributed by atoms with E-state index in [2.05, 4.69) is 35.6 Å². The van der Waals surface area contributed by atoms with Crippen molar-refractivity contribution in [1.29, 1.82) is 0 Å². The molecular weight excluding hydrogens is 400 g/mol. The van der Waals surface area contributed by atoms with Crippen LogP contribution in [-0.4, -0.2) is 48.2 Å². The smallest absolute Gasteiger partial charge is 0.222 e. The lowest BCUT2D eigenvalue weighted by Crippen LogP contribution is -2.53. The van der Waals surface area contributed by atoms with Crippen LogP contribution in [0.1, 0.15) is 44.6 Å². The molecule has 5 rings (SSSR count). The molecule has 0 spiro atoms. The van der Waals surface area contributed by atoms with Crippen LogP contribution in [0.3, 0.4) is 0 Å². The van der Waals surface area contributed by atoms with Crippen molar-refractivity contribution >= 4 is 5.91 Å². The Balaban J connectivity index is 1.25. The van der Waals surface area contributed by atoms with Crippen LogP contribution in [0.2, 0.25) is 0 Å². The van der Waals surface area contributed by atoms with Gasteiger partial charge in [-0.05, 0) is 55.7 Å². The Hall–Kier alpha value is -2.53. The summed E-state index contributed by atoms with van der Waals surface area (Å²) in [4.78, 5) is 14.9. The average Bonchev–Trinajstić information content (AvgIpc) is 3.12. The van der Waals surface area contributed by atoms with Crippen LogP contribution in [0.15, 0.2) is 54.6 Å². The van der Waals surface area contributed by atoms with Crippen molar-refractivity contribution < 1.29 is 14.3 Å². The van der Waals surface area contributed by atoms with Crippen LogP contribution >= 0.6 is 0 Å². The first kappa shape index (κ1) is 21.3. The number of hydrogen-bond donors (Lipinski definition) is 1. The fraction of sp³-hybridized carbons (Fsp3) is 0.519. The average molecular weight is 435 g/mol. The van der Waals surface area contributed by atoms with E-state index in [1.54, 1.807) is 0 Å². The molecule has 2 bridgehead atoms. The lowest BCUT2D eigenvalue weighted by molar-refractivity contribution is -0.133. The van der Waals surface area contributed by atoms with Gasteiger partial charge in [0.2, 0.25) is 5.91 Å². The highest BCUT2D eigenvalue weighted by Gasteiger charge is 2.45. The zero-order valence-corrected chi connectivity index (χ0v) is 19.0. The number of carbonyl (C=O) groups excluding carboxylic acids is 1. The van der Waals surface area contributed by atoms with Crippen molar-refractivity contribution in [3.05, 3.63) is 60.2 Å². The van der Waals surface area contributed by atoms with Crippen LogP contribution in [-0.2, 0) is 11.2 Å². The lowest BCUT2D eigenvalue weighted by atomic mass is 9.79. The summed E-state index contributed by atoms with van der Waals surface area (Å²) in [5.41, 5.74) is 1.56. The fourth-order valence-corrected chi connectivity index (χ4v) is 5.95. The Morgan fingerprint density at radius 3 is 2.69 bits per heavy atom. The van der Waals surface area contributed by atoms with Gasteiger partial charge in [0.05, 0.1) is 6.54 Å². The number of benzene rings is 2. The molecule has 4 unspecified atom stereocenters. The molecule has 3 aliphatic heterocycles. The Labute approximate surface area is 191 Å². The highest BCUT2D eigenvalue weighted by atomic mass is 16.6. The zero-order chi connectivity index (χ0) is 22.0. The van der Waals surface area contributed by atoms with E-state index in [0.29, 0.717) is 31.5 Å². The molecule has 2 aromatic carbocycles. The molecule has 2 aromatic rings. The van der Waals surface area contributed by atoms with Crippen molar-refractivity contribution in [2.24, 2.45) is 5.92 Å². The van der Waals surface area contributed by atoms with Gasteiger partial charge in [-0.25, -0.2) is 0 Å². The van der Waals surface area contributed by atoms with Gasteiger partial charge >= 0.3 is 0 Å². The third-order valence-electron chi connectivity index (χ3n) is 7.29. The molecule has 0 saturated carbocycles. The summed E-state index contributed by atoms with van der Waals surface area (Å²) in [6.45, 7) is 3.83. The number of para-hydroxylation sites is 2. The van der Waals surface area contributed by atoms with Crippen molar-refractivity contribution in [1.82, 2.24) is 10.2 Å². The minimum Gasteiger partial charge on any atom is -0.486 e. The molecule has 32 heavy (non-hydrogen) atoms. The van der Waals surface area contributed by atoms with Gasteiger partial charge in [-0.1, -0.05) is 49.4 Å². The first-order chi connectivity index (χ1) is 15.6. The highest BCUT2D eigenvalue weighted by molar-refractivity contribution is 5.75. The predicted molar refractivity (Wildman–Crippen MR) is 125 cm³/mol. The number of nitrogens with zero attached hydrogens (tertiary/aromatic N) is 1. The molecule has 2 fully saturated rings. The highest BCUT2D eigenvalue weighted by Crippen LogP contribution is 2.41. The van der Waals surface area contributed by atoms with Crippen molar-refractivity contribution in [2.75, 3.05) is 19.7 Å². The molecule has 0 radical (unpaired) electrons. The van der Waals surface area contributed by atoms with E-state index < -0.39 is 0 Å². The van der Waals surface area contributed by atoms with Gasteiger partial charge in [0.1, 0.15) is 6.61 Å². The molecule has 0 aromatic heterocycles. The van der Waals surface area contributed by atoms with Crippen LogP contribution in [0.5, 0.6) is 11.5 Å². The molecule has 3 heterocycles. The van der Waals surface area contributed by atoms with Crippen LogP contribution < -0.4 is 14.8 Å². The summed E-state index contributed by atoms with van der Waals surface area (Å²) in [5.74, 6) is 2.28. The second kappa shape index (κ2) is 9.14. The first-order valence-electron chi connectivity index (χ1n) is 12.1. The molecule has 1 amide bonds. The molecule has 170 valence electrons. The summed E-state index contributed by atoms with van der Waals surface area (Å²) in [5, 5.41) is 3.94. The van der Waals surface area contributed by atoms with E-state index in [4.69, 9.17) is 9.47 Å². The van der Waals surface area contributed by atoms with Gasteiger partial charge in [-0.2, -0.15) is 0 Å². The number of ether oxygens (including phenoxy) is 2. The minimum atomic E-state index is -0.128. The number of nitrogens with one attached hydrogen (secondary N) is 1. The second-order valence-corrected chi connectivity index (χ2v) is 9.78. The first-order valence-corrected chi connectivity index (χ1v) is 12.1. The summed E-state index contributed by atoms with van der Waals surface area (Å²) in [6, 6.07) is 19.1. The van der Waals surface area contributed by atoms with E-state index in [9.17, 15) is 4.79 Å². The molecule has 5 heteroatoms. The van der Waals surface area contributed by atoms with E-state index >= 15 is 0 Å². The topological polar surface area (TPSA) is 50.8 Å². The van der Waals surface area contributed by atoms with E-state index in [0.717, 1.165) is 37.3 Å². The van der Waals surface area contributed by atoms with Crippen LogP contribution in [0, 0.1) is 5.92 Å². The Kier molecular flexibility index (Phi) is 6.09. The summed E-state index contributed by atoms with van der Waals surface area (Å²) in [7, 11) is 0. The normalized spacial score (nSPS) is 28.3. The number of fused-ring (bicyclic) bond motifs is 3. The summed E-state index contributed by atoms with van der Waals surface area (Å²) in [6.07, 6.45) is 6.19. The van der Waals surface area contributed by atoms with E-state index in [1.807, 2.05) is 36.1 Å². The maximum atomic E-state index is 12.9. The van der Waals surface area contributed by atoms with E-state index in [-0.39, 0.29) is 17.6 Å². The van der Waals surface area contributed by atoms with Crippen molar-refractivity contribution in [3.8, 4) is 11.5 Å². The molecule has 1 N–H and O–H groups in total. The summed E-state index contributed by atoms with van der Waals surface area (Å²) >= 11 is 0. The quantitative estimate of drug-likeness (QED) is 0.709. The molecule has 2 saturated heterocycles.